The Morgan fingerprint density at radius 3 is 2.85 bits per heavy atom. The molecule has 0 aliphatic rings. The number of rotatable bonds is 4. The molecule has 20 heavy (non-hydrogen) atoms. The highest BCUT2D eigenvalue weighted by atomic mass is 19.1. The van der Waals surface area contributed by atoms with Crippen molar-refractivity contribution in [2.45, 2.75) is 0 Å². The van der Waals surface area contributed by atoms with Crippen molar-refractivity contribution in [1.82, 2.24) is 4.98 Å². The van der Waals surface area contributed by atoms with Gasteiger partial charge in [0, 0.05) is 19.3 Å². The molecule has 1 amide bonds. The van der Waals surface area contributed by atoms with Crippen molar-refractivity contribution in [2.24, 2.45) is 0 Å². The average molecular weight is 275 g/mol. The number of carbonyl (C=O) groups excluding carboxylic acids is 1. The van der Waals surface area contributed by atoms with Gasteiger partial charge in [0.1, 0.15) is 17.4 Å². The third kappa shape index (κ3) is 2.85. The summed E-state index contributed by atoms with van der Waals surface area (Å²) in [4.78, 5) is 16.3. The summed E-state index contributed by atoms with van der Waals surface area (Å²) in [5.41, 5.74) is 0.784. The molecule has 0 saturated heterocycles. The molecule has 0 bridgehead atoms. The lowest BCUT2D eigenvalue weighted by Crippen LogP contribution is -2.15. The molecular formula is C14H14FN3O2. The van der Waals surface area contributed by atoms with Gasteiger partial charge >= 0.3 is 0 Å². The van der Waals surface area contributed by atoms with Gasteiger partial charge in [-0.15, -0.1) is 0 Å². The normalized spacial score (nSPS) is 9.95. The number of nitrogens with one attached hydrogen (secondary N) is 2. The van der Waals surface area contributed by atoms with Crippen molar-refractivity contribution in [3.63, 3.8) is 0 Å². The Morgan fingerprint density at radius 1 is 1.35 bits per heavy atom. The minimum Gasteiger partial charge on any atom is -0.494 e. The highest BCUT2D eigenvalue weighted by Crippen LogP contribution is 2.26. The smallest absolute Gasteiger partial charge is 0.259 e. The van der Waals surface area contributed by atoms with E-state index in [-0.39, 0.29) is 11.7 Å². The SMILES string of the molecule is CNc1ncccc1C(=O)Nc1ccc(F)cc1OC. The first-order valence-corrected chi connectivity index (χ1v) is 5.93. The van der Waals surface area contributed by atoms with Gasteiger partial charge in [-0.3, -0.25) is 4.79 Å². The number of amides is 1. The van der Waals surface area contributed by atoms with E-state index in [0.29, 0.717) is 17.1 Å². The molecule has 2 N–H and O–H groups in total. The molecule has 0 spiro atoms. The van der Waals surface area contributed by atoms with Crippen molar-refractivity contribution in [1.29, 1.82) is 0 Å². The van der Waals surface area contributed by atoms with E-state index in [4.69, 9.17) is 4.74 Å². The quantitative estimate of drug-likeness (QED) is 0.900. The Kier molecular flexibility index (Phi) is 4.14. The molecule has 5 nitrogen and oxygen atoms in total. The van der Waals surface area contributed by atoms with E-state index in [0.717, 1.165) is 0 Å². The number of ether oxygens (including phenoxy) is 1. The zero-order chi connectivity index (χ0) is 14.5. The lowest BCUT2D eigenvalue weighted by atomic mass is 10.2. The van der Waals surface area contributed by atoms with E-state index >= 15 is 0 Å². The Hall–Kier alpha value is -2.63. The van der Waals surface area contributed by atoms with E-state index in [1.165, 1.54) is 25.3 Å². The second kappa shape index (κ2) is 6.01. The van der Waals surface area contributed by atoms with Gasteiger partial charge in [0.15, 0.2) is 0 Å². The van der Waals surface area contributed by atoms with Crippen LogP contribution in [-0.4, -0.2) is 25.0 Å². The van der Waals surface area contributed by atoms with Gasteiger partial charge in [-0.05, 0) is 24.3 Å². The number of hydrogen-bond acceptors (Lipinski definition) is 4. The van der Waals surface area contributed by atoms with Gasteiger partial charge in [-0.2, -0.15) is 0 Å². The number of aromatic nitrogens is 1. The van der Waals surface area contributed by atoms with Gasteiger partial charge in [0.25, 0.3) is 5.91 Å². The fraction of sp³-hybridized carbons (Fsp3) is 0.143. The Balaban J connectivity index is 2.28. The highest BCUT2D eigenvalue weighted by Gasteiger charge is 2.14. The van der Waals surface area contributed by atoms with Crippen LogP contribution < -0.4 is 15.4 Å². The maximum atomic E-state index is 13.1. The molecular weight excluding hydrogens is 261 g/mol. The van der Waals surface area contributed by atoms with Crippen LogP contribution >= 0.6 is 0 Å². The van der Waals surface area contributed by atoms with Crippen LogP contribution in [-0.2, 0) is 0 Å². The molecule has 1 aromatic heterocycles. The second-order valence-corrected chi connectivity index (χ2v) is 3.95. The minimum atomic E-state index is -0.433. The molecule has 0 saturated carbocycles. The largest absolute Gasteiger partial charge is 0.494 e. The van der Waals surface area contributed by atoms with Gasteiger partial charge in [-0.25, -0.2) is 9.37 Å². The molecule has 0 aliphatic carbocycles. The summed E-state index contributed by atoms with van der Waals surface area (Å²) < 4.78 is 18.1. The molecule has 6 heteroatoms. The summed E-state index contributed by atoms with van der Waals surface area (Å²) in [6.07, 6.45) is 1.58. The molecule has 2 rings (SSSR count). The van der Waals surface area contributed by atoms with Gasteiger partial charge in [0.05, 0.1) is 18.4 Å². The van der Waals surface area contributed by atoms with Crippen LogP contribution in [0.25, 0.3) is 0 Å². The first-order valence-electron chi connectivity index (χ1n) is 5.93. The number of pyridine rings is 1. The molecule has 0 unspecified atom stereocenters. The third-order valence-electron chi connectivity index (χ3n) is 2.70. The zero-order valence-electron chi connectivity index (χ0n) is 11.1. The molecule has 104 valence electrons. The van der Waals surface area contributed by atoms with E-state index in [2.05, 4.69) is 15.6 Å². The maximum Gasteiger partial charge on any atom is 0.259 e. The number of carbonyl (C=O) groups is 1. The topological polar surface area (TPSA) is 63.2 Å². The molecule has 2 aromatic rings. The number of halogens is 1. The number of nitrogens with zero attached hydrogens (tertiary/aromatic N) is 1. The van der Waals surface area contributed by atoms with Crippen molar-refractivity contribution in [2.75, 3.05) is 24.8 Å². The van der Waals surface area contributed by atoms with Crippen molar-refractivity contribution in [3.05, 3.63) is 47.9 Å². The lowest BCUT2D eigenvalue weighted by Gasteiger charge is -2.11. The van der Waals surface area contributed by atoms with Crippen LogP contribution in [0.5, 0.6) is 5.75 Å². The van der Waals surface area contributed by atoms with E-state index in [1.807, 2.05) is 0 Å². The summed E-state index contributed by atoms with van der Waals surface area (Å²) in [7, 11) is 3.09. The van der Waals surface area contributed by atoms with Gasteiger partial charge in [-0.1, -0.05) is 0 Å². The lowest BCUT2D eigenvalue weighted by molar-refractivity contribution is 0.102. The molecule has 0 atom stereocenters. The predicted molar refractivity (Wildman–Crippen MR) is 74.7 cm³/mol. The summed E-state index contributed by atoms with van der Waals surface area (Å²) in [6.45, 7) is 0. The first-order chi connectivity index (χ1) is 9.65. The van der Waals surface area contributed by atoms with Gasteiger partial charge < -0.3 is 15.4 Å². The number of benzene rings is 1. The number of methoxy groups -OCH3 is 1. The Labute approximate surface area is 115 Å². The van der Waals surface area contributed by atoms with Crippen LogP contribution in [0.15, 0.2) is 36.5 Å². The van der Waals surface area contributed by atoms with Crippen molar-refractivity contribution in [3.8, 4) is 5.75 Å². The van der Waals surface area contributed by atoms with Crippen molar-refractivity contribution >= 4 is 17.4 Å². The predicted octanol–water partition coefficient (Wildman–Crippen LogP) is 2.52. The average Bonchev–Trinajstić information content (AvgIpc) is 2.48. The van der Waals surface area contributed by atoms with Crippen LogP contribution in [0.3, 0.4) is 0 Å². The fourth-order valence-corrected chi connectivity index (χ4v) is 1.75. The monoisotopic (exact) mass is 275 g/mol. The van der Waals surface area contributed by atoms with Crippen LogP contribution in [0.1, 0.15) is 10.4 Å². The van der Waals surface area contributed by atoms with Crippen LogP contribution in [0.2, 0.25) is 0 Å². The second-order valence-electron chi connectivity index (χ2n) is 3.95. The van der Waals surface area contributed by atoms with Crippen LogP contribution in [0, 0.1) is 5.82 Å². The molecule has 0 aliphatic heterocycles. The molecule has 0 fully saturated rings. The van der Waals surface area contributed by atoms with E-state index in [1.54, 1.807) is 25.4 Å². The Bertz CT molecular complexity index is 632. The summed E-state index contributed by atoms with van der Waals surface area (Å²) in [5.74, 6) is -0.0659. The first kappa shape index (κ1) is 13.8. The summed E-state index contributed by atoms with van der Waals surface area (Å²) in [6, 6.07) is 7.21. The zero-order valence-corrected chi connectivity index (χ0v) is 11.1. The van der Waals surface area contributed by atoms with E-state index < -0.39 is 5.82 Å². The number of anilines is 2. The van der Waals surface area contributed by atoms with Crippen molar-refractivity contribution < 1.29 is 13.9 Å². The minimum absolute atomic E-state index is 0.258. The molecule has 1 aromatic carbocycles. The number of hydrogen-bond donors (Lipinski definition) is 2. The maximum absolute atomic E-state index is 13.1. The summed E-state index contributed by atoms with van der Waals surface area (Å²) in [5, 5.41) is 5.51. The third-order valence-corrected chi connectivity index (χ3v) is 2.70. The molecule has 0 radical (unpaired) electrons. The van der Waals surface area contributed by atoms with Crippen LogP contribution in [0.4, 0.5) is 15.9 Å². The fourth-order valence-electron chi connectivity index (χ4n) is 1.75. The standard InChI is InChI=1S/C14H14FN3O2/c1-16-13-10(4-3-7-17-13)14(19)18-11-6-5-9(15)8-12(11)20-2/h3-8H,1-2H3,(H,16,17)(H,18,19). The Morgan fingerprint density at radius 2 is 2.15 bits per heavy atom. The highest BCUT2D eigenvalue weighted by molar-refractivity contribution is 6.08. The van der Waals surface area contributed by atoms with E-state index in [9.17, 15) is 9.18 Å². The van der Waals surface area contributed by atoms with Gasteiger partial charge in [0.2, 0.25) is 0 Å². The summed E-state index contributed by atoms with van der Waals surface area (Å²) >= 11 is 0. The molecule has 1 heterocycles.